The quantitative estimate of drug-likeness (QED) is 0.467. The number of carbonyl (C=O) groups is 1. The molecule has 6 nitrogen and oxygen atoms in total. The van der Waals surface area contributed by atoms with Gasteiger partial charge in [-0.25, -0.2) is 0 Å². The summed E-state index contributed by atoms with van der Waals surface area (Å²) in [5.74, 6) is 0.872. The van der Waals surface area contributed by atoms with Crippen molar-refractivity contribution >= 4 is 16.9 Å². The molecule has 1 aromatic heterocycles. The highest BCUT2D eigenvalue weighted by atomic mass is 16.5. The lowest BCUT2D eigenvalue weighted by Gasteiger charge is -2.21. The zero-order valence-electron chi connectivity index (χ0n) is 17.7. The number of para-hydroxylation sites is 1. The molecule has 6 heteroatoms. The van der Waals surface area contributed by atoms with E-state index in [1.54, 1.807) is 50.6 Å². The number of rotatable bonds is 5. The first-order valence-electron chi connectivity index (χ1n) is 10.3. The summed E-state index contributed by atoms with van der Waals surface area (Å²) in [4.78, 5) is 27.7. The second kappa shape index (κ2) is 7.89. The molecular weight excluding hydrogens is 406 g/mol. The van der Waals surface area contributed by atoms with E-state index in [1.165, 1.54) is 4.90 Å². The maximum absolute atomic E-state index is 13.3. The Bertz CT molecular complexity index is 1380. The van der Waals surface area contributed by atoms with Crippen LogP contribution in [0.5, 0.6) is 11.5 Å². The highest BCUT2D eigenvalue weighted by molar-refractivity contribution is 5.98. The first-order chi connectivity index (χ1) is 15.6. The summed E-state index contributed by atoms with van der Waals surface area (Å²) in [7, 11) is 3.23. The molecular formula is C26H21NO5. The number of hydrogen-bond acceptors (Lipinski definition) is 5. The average molecular weight is 427 g/mol. The minimum absolute atomic E-state index is 0.0876. The van der Waals surface area contributed by atoms with Crippen LogP contribution in [0.3, 0.4) is 0 Å². The van der Waals surface area contributed by atoms with Crippen molar-refractivity contribution in [3.05, 3.63) is 105 Å². The summed E-state index contributed by atoms with van der Waals surface area (Å²) >= 11 is 0. The minimum Gasteiger partial charge on any atom is -0.493 e. The Morgan fingerprint density at radius 1 is 0.938 bits per heavy atom. The van der Waals surface area contributed by atoms with Crippen molar-refractivity contribution in [3.63, 3.8) is 0 Å². The van der Waals surface area contributed by atoms with Gasteiger partial charge in [-0.2, -0.15) is 0 Å². The van der Waals surface area contributed by atoms with E-state index in [1.807, 2.05) is 36.4 Å². The normalized spacial score (nSPS) is 15.1. The molecule has 2 heterocycles. The van der Waals surface area contributed by atoms with E-state index in [9.17, 15) is 9.59 Å². The number of nitrogens with zero attached hydrogens (tertiary/aromatic N) is 1. The predicted molar refractivity (Wildman–Crippen MR) is 120 cm³/mol. The molecule has 0 aliphatic carbocycles. The fraction of sp³-hybridized carbons (Fsp3) is 0.154. The third-order valence-corrected chi connectivity index (χ3v) is 5.75. The Morgan fingerprint density at radius 2 is 1.69 bits per heavy atom. The standard InChI is InChI=1S/C26H21NO5/c1-27-23(22-24(28)18-10-6-7-11-19(18)32-25(22)26(27)29)17-12-13-20(21(14-17)30-2)31-15-16-8-4-3-5-9-16/h3-14,23H,15H2,1-2H3. The molecule has 0 spiro atoms. The molecule has 160 valence electrons. The van der Waals surface area contributed by atoms with E-state index in [0.717, 1.165) is 11.1 Å². The Balaban J connectivity index is 1.55. The van der Waals surface area contributed by atoms with Crippen molar-refractivity contribution in [1.29, 1.82) is 0 Å². The molecule has 0 radical (unpaired) electrons. The molecule has 0 fully saturated rings. The van der Waals surface area contributed by atoms with Crippen LogP contribution in [0.4, 0.5) is 0 Å². The average Bonchev–Trinajstić information content (AvgIpc) is 3.09. The van der Waals surface area contributed by atoms with Gasteiger partial charge in [-0.3, -0.25) is 9.59 Å². The lowest BCUT2D eigenvalue weighted by atomic mass is 9.98. The number of hydrogen-bond donors (Lipinski definition) is 0. The third-order valence-electron chi connectivity index (χ3n) is 5.75. The molecule has 1 amide bonds. The van der Waals surface area contributed by atoms with Crippen LogP contribution in [0.2, 0.25) is 0 Å². The van der Waals surface area contributed by atoms with Crippen molar-refractivity contribution in [2.45, 2.75) is 12.6 Å². The fourth-order valence-electron chi connectivity index (χ4n) is 4.13. The lowest BCUT2D eigenvalue weighted by Crippen LogP contribution is -2.25. The molecule has 3 aromatic carbocycles. The number of amides is 1. The first kappa shape index (κ1) is 19.9. The number of methoxy groups -OCH3 is 1. The SMILES string of the molecule is COc1cc(C2c3c(oc4ccccc4c3=O)C(=O)N2C)ccc1OCc1ccccc1. The topological polar surface area (TPSA) is 69.0 Å². The maximum Gasteiger partial charge on any atom is 0.290 e. The molecule has 1 aliphatic heterocycles. The van der Waals surface area contributed by atoms with Gasteiger partial charge in [-0.1, -0.05) is 48.5 Å². The molecule has 1 atom stereocenters. The summed E-state index contributed by atoms with van der Waals surface area (Å²) in [6, 6.07) is 21.7. The van der Waals surface area contributed by atoms with Crippen LogP contribution in [-0.2, 0) is 6.61 Å². The number of carbonyl (C=O) groups excluding carboxylic acids is 1. The number of fused-ring (bicyclic) bond motifs is 2. The van der Waals surface area contributed by atoms with Crippen LogP contribution in [0, 0.1) is 0 Å². The maximum atomic E-state index is 13.3. The summed E-state index contributed by atoms with van der Waals surface area (Å²) in [5, 5.41) is 0.453. The van der Waals surface area contributed by atoms with E-state index in [2.05, 4.69) is 0 Å². The van der Waals surface area contributed by atoms with E-state index in [4.69, 9.17) is 13.9 Å². The van der Waals surface area contributed by atoms with Crippen LogP contribution in [0.15, 0.2) is 82.0 Å². The minimum atomic E-state index is -0.574. The molecule has 1 aliphatic rings. The van der Waals surface area contributed by atoms with Crippen LogP contribution in [-0.4, -0.2) is 25.0 Å². The lowest BCUT2D eigenvalue weighted by molar-refractivity contribution is 0.0771. The molecule has 0 bridgehead atoms. The zero-order valence-corrected chi connectivity index (χ0v) is 17.7. The van der Waals surface area contributed by atoms with Crippen molar-refractivity contribution < 1.29 is 18.7 Å². The summed E-state index contributed by atoms with van der Waals surface area (Å²) in [6.07, 6.45) is 0. The van der Waals surface area contributed by atoms with E-state index in [-0.39, 0.29) is 17.1 Å². The van der Waals surface area contributed by atoms with Gasteiger partial charge in [0, 0.05) is 7.05 Å². The Labute approximate surface area is 184 Å². The van der Waals surface area contributed by atoms with E-state index in [0.29, 0.717) is 34.6 Å². The van der Waals surface area contributed by atoms with Gasteiger partial charge >= 0.3 is 0 Å². The van der Waals surface area contributed by atoms with Gasteiger partial charge in [0.1, 0.15) is 12.2 Å². The van der Waals surface area contributed by atoms with Gasteiger partial charge in [-0.05, 0) is 35.4 Å². The Hall–Kier alpha value is -4.06. The number of ether oxygens (including phenoxy) is 2. The predicted octanol–water partition coefficient (Wildman–Crippen LogP) is 4.56. The second-order valence-corrected chi connectivity index (χ2v) is 7.67. The molecule has 5 rings (SSSR count). The third kappa shape index (κ3) is 3.21. The Morgan fingerprint density at radius 3 is 2.47 bits per heavy atom. The molecule has 1 unspecified atom stereocenters. The van der Waals surface area contributed by atoms with Gasteiger partial charge in [-0.15, -0.1) is 0 Å². The van der Waals surface area contributed by atoms with Gasteiger partial charge < -0.3 is 18.8 Å². The van der Waals surface area contributed by atoms with Crippen LogP contribution < -0.4 is 14.9 Å². The highest BCUT2D eigenvalue weighted by Gasteiger charge is 2.40. The molecule has 0 saturated carbocycles. The zero-order chi connectivity index (χ0) is 22.2. The highest BCUT2D eigenvalue weighted by Crippen LogP contribution is 2.40. The van der Waals surface area contributed by atoms with Gasteiger partial charge in [0.2, 0.25) is 5.76 Å². The smallest absolute Gasteiger partial charge is 0.290 e. The molecule has 0 N–H and O–H groups in total. The summed E-state index contributed by atoms with van der Waals surface area (Å²) in [5.41, 5.74) is 2.33. The first-order valence-corrected chi connectivity index (χ1v) is 10.3. The van der Waals surface area contributed by atoms with Gasteiger partial charge in [0.05, 0.1) is 24.1 Å². The van der Waals surface area contributed by atoms with Crippen molar-refractivity contribution in [3.8, 4) is 11.5 Å². The summed E-state index contributed by atoms with van der Waals surface area (Å²) < 4.78 is 17.3. The Kier molecular flexibility index (Phi) is 4.90. The fourth-order valence-corrected chi connectivity index (χ4v) is 4.13. The largest absolute Gasteiger partial charge is 0.493 e. The van der Waals surface area contributed by atoms with Gasteiger partial charge in [0.15, 0.2) is 16.9 Å². The van der Waals surface area contributed by atoms with E-state index >= 15 is 0 Å². The molecule has 0 saturated heterocycles. The van der Waals surface area contributed by atoms with Crippen molar-refractivity contribution in [2.24, 2.45) is 0 Å². The summed E-state index contributed by atoms with van der Waals surface area (Å²) in [6.45, 7) is 0.400. The van der Waals surface area contributed by atoms with Crippen molar-refractivity contribution in [1.82, 2.24) is 4.90 Å². The second-order valence-electron chi connectivity index (χ2n) is 7.67. The van der Waals surface area contributed by atoms with Crippen LogP contribution in [0.25, 0.3) is 11.0 Å². The monoisotopic (exact) mass is 427 g/mol. The van der Waals surface area contributed by atoms with Crippen molar-refractivity contribution in [2.75, 3.05) is 14.2 Å². The van der Waals surface area contributed by atoms with Crippen LogP contribution >= 0.6 is 0 Å². The molecule has 32 heavy (non-hydrogen) atoms. The van der Waals surface area contributed by atoms with Crippen LogP contribution in [0.1, 0.15) is 33.3 Å². The van der Waals surface area contributed by atoms with E-state index < -0.39 is 6.04 Å². The van der Waals surface area contributed by atoms with Gasteiger partial charge in [0.25, 0.3) is 5.91 Å². The number of benzene rings is 3. The molecule has 4 aromatic rings.